The molecule has 0 saturated heterocycles. The van der Waals surface area contributed by atoms with Crippen LogP contribution in [-0.4, -0.2) is 60.3 Å². The highest BCUT2D eigenvalue weighted by Gasteiger charge is 2.34. The molecule has 0 saturated carbocycles. The van der Waals surface area contributed by atoms with Gasteiger partial charge in [-0.25, -0.2) is 29.9 Å². The normalized spacial score (nSPS) is 11.7. The van der Waals surface area contributed by atoms with Crippen LogP contribution in [0, 0.1) is 0 Å². The molecule has 4 N–H and O–H groups in total. The molecule has 4 aromatic carbocycles. The molecular formula is C51H28ClF9N8O6S2. The number of oxazole rings is 2. The van der Waals surface area contributed by atoms with Crippen LogP contribution in [0.5, 0.6) is 23.0 Å². The Kier molecular flexibility index (Phi) is 14.7. The molecule has 0 atom stereocenters. The van der Waals surface area contributed by atoms with Gasteiger partial charge in [-0.05, 0) is 109 Å². The van der Waals surface area contributed by atoms with Crippen molar-refractivity contribution < 1.29 is 68.8 Å². The van der Waals surface area contributed by atoms with Crippen LogP contribution < -0.4 is 0 Å². The third-order valence-corrected chi connectivity index (χ3v) is 12.8. The summed E-state index contributed by atoms with van der Waals surface area (Å²) < 4.78 is 125. The van der Waals surface area contributed by atoms with Gasteiger partial charge in [0.1, 0.15) is 59.2 Å². The quantitative estimate of drug-likeness (QED) is 0.121. The summed E-state index contributed by atoms with van der Waals surface area (Å²) in [4.78, 5) is 34.1. The van der Waals surface area contributed by atoms with E-state index >= 15 is 0 Å². The summed E-state index contributed by atoms with van der Waals surface area (Å²) in [5.41, 5.74) is 0.654. The van der Waals surface area contributed by atoms with Gasteiger partial charge in [-0.3, -0.25) is 4.98 Å². The molecule has 0 unspecified atom stereocenters. The number of rotatable bonds is 4. The predicted octanol–water partition coefficient (Wildman–Crippen LogP) is 15.0. The van der Waals surface area contributed by atoms with Crippen molar-refractivity contribution in [1.29, 1.82) is 0 Å². The van der Waals surface area contributed by atoms with Gasteiger partial charge >= 0.3 is 18.5 Å². The zero-order valence-electron chi connectivity index (χ0n) is 38.1. The van der Waals surface area contributed by atoms with Crippen molar-refractivity contribution >= 4 is 77.3 Å². The van der Waals surface area contributed by atoms with Crippen molar-refractivity contribution in [1.82, 2.24) is 39.9 Å². The van der Waals surface area contributed by atoms with Gasteiger partial charge in [-0.15, -0.1) is 0 Å². The van der Waals surface area contributed by atoms with E-state index in [4.69, 9.17) is 20.4 Å². The van der Waals surface area contributed by atoms with Crippen LogP contribution in [0.3, 0.4) is 0 Å². The Hall–Kier alpha value is -8.94. The molecule has 0 bridgehead atoms. The first-order valence-corrected chi connectivity index (χ1v) is 23.7. The number of aromatic hydroxyl groups is 4. The fourth-order valence-corrected chi connectivity index (χ4v) is 8.92. The molecule has 0 radical (unpaired) electrons. The second kappa shape index (κ2) is 21.4. The molecule has 8 heterocycles. The number of hydrogen-bond acceptors (Lipinski definition) is 16. The Morgan fingerprint density at radius 3 is 1.36 bits per heavy atom. The second-order valence-electron chi connectivity index (χ2n) is 15.8. The fourth-order valence-electron chi connectivity index (χ4n) is 6.88. The average molecular weight is 1120 g/mol. The molecule has 0 aliphatic rings. The molecule has 0 amide bonds. The summed E-state index contributed by atoms with van der Waals surface area (Å²) in [5, 5.41) is 40.5. The van der Waals surface area contributed by atoms with Crippen molar-refractivity contribution in [2.24, 2.45) is 0 Å². The highest BCUT2D eigenvalue weighted by molar-refractivity contribution is 7.21. The Bertz CT molecular complexity index is 3640. The van der Waals surface area contributed by atoms with Gasteiger partial charge in [-0.1, -0.05) is 34.3 Å². The monoisotopic (exact) mass is 1120 g/mol. The topological polar surface area (TPSA) is 210 Å². The molecule has 26 heteroatoms. The number of thiazole rings is 2. The van der Waals surface area contributed by atoms with Crippen LogP contribution in [-0.2, 0) is 18.5 Å². The summed E-state index contributed by atoms with van der Waals surface area (Å²) >= 11 is 8.48. The maximum Gasteiger partial charge on any atom is 0.416 e. The van der Waals surface area contributed by atoms with E-state index in [0.717, 1.165) is 81.3 Å². The highest BCUT2D eigenvalue weighted by Crippen LogP contribution is 2.42. The van der Waals surface area contributed by atoms with Crippen LogP contribution in [0.15, 0.2) is 155 Å². The molecular weight excluding hydrogens is 1090 g/mol. The number of halogens is 10. The number of benzene rings is 4. The lowest BCUT2D eigenvalue weighted by atomic mass is 10.1. The van der Waals surface area contributed by atoms with E-state index in [9.17, 15) is 59.9 Å². The zero-order valence-corrected chi connectivity index (χ0v) is 40.5. The summed E-state index contributed by atoms with van der Waals surface area (Å²) in [7, 11) is 0. The number of phenols is 4. The van der Waals surface area contributed by atoms with Crippen molar-refractivity contribution in [2.45, 2.75) is 18.5 Å². The minimum Gasteiger partial charge on any atom is -0.507 e. The number of fused-ring (bicyclic) bond motifs is 4. The number of hydrogen-bond donors (Lipinski definition) is 4. The van der Waals surface area contributed by atoms with Gasteiger partial charge < -0.3 is 29.3 Å². The molecule has 0 fully saturated rings. The Balaban J connectivity index is 0.000000125. The van der Waals surface area contributed by atoms with E-state index in [1.165, 1.54) is 36.0 Å². The SMILES string of the molecule is Oc1ccc(C(F)(F)F)cc1-c1nc2cccnc2s1.Oc1ccc(C(F)(F)F)cc1-c1nc2cnccc2o1.Oc1ccc(C(F)(F)F)cc1-c1nc2ncccc2o1.Oc1ccc(Cl)cc1-c1nc2cccnc2s1. The lowest BCUT2D eigenvalue weighted by Gasteiger charge is -2.08. The minimum absolute atomic E-state index is 0.0582. The fraction of sp³-hybridized carbons (Fsp3) is 0.0588. The number of phenolic OH excluding ortho intramolecular Hbond substituents is 4. The average Bonchev–Trinajstić information content (AvgIpc) is 4.22. The first kappa shape index (κ1) is 52.9. The van der Waals surface area contributed by atoms with E-state index in [2.05, 4.69) is 39.9 Å². The second-order valence-corrected chi connectivity index (χ2v) is 18.1. The number of aromatic nitrogens is 8. The Morgan fingerprint density at radius 2 is 0.870 bits per heavy atom. The van der Waals surface area contributed by atoms with E-state index < -0.39 is 35.2 Å². The predicted molar refractivity (Wildman–Crippen MR) is 267 cm³/mol. The molecule has 0 aliphatic heterocycles. The van der Waals surface area contributed by atoms with Crippen LogP contribution in [0.25, 0.3) is 87.1 Å². The summed E-state index contributed by atoms with van der Waals surface area (Å²) in [6.07, 6.45) is -5.78. The molecule has 390 valence electrons. The van der Waals surface area contributed by atoms with Crippen LogP contribution >= 0.6 is 34.3 Å². The van der Waals surface area contributed by atoms with Crippen molar-refractivity contribution in [3.05, 3.63) is 168 Å². The number of alkyl halides is 9. The van der Waals surface area contributed by atoms with E-state index in [0.29, 0.717) is 42.6 Å². The van der Waals surface area contributed by atoms with Gasteiger partial charge in [0, 0.05) is 35.9 Å². The molecule has 12 rings (SSSR count). The first-order chi connectivity index (χ1) is 36.6. The summed E-state index contributed by atoms with van der Waals surface area (Å²) in [6.45, 7) is 0. The third-order valence-electron chi connectivity index (χ3n) is 10.5. The van der Waals surface area contributed by atoms with Crippen LogP contribution in [0.1, 0.15) is 16.7 Å². The standard InChI is InChI=1S/2C13H7F3N2O2.C13H7F3N2OS.C12H7ClN2OS/c14-13(15,16)7-1-2-10(19)8(5-7)12-18-9-6-17-4-3-11(9)20-12;14-13(15,16)7-3-4-9(19)8(6-7)12-18-11-10(20-12)2-1-5-17-11;14-13(15,16)7-3-4-10(19)8(6-7)11-18-9-2-1-5-17-12(9)20-11;13-7-3-4-10(16)8(6-7)11-15-9-2-1-5-14-12(9)17-11/h3*1-6,19H;1-6,16H. The maximum absolute atomic E-state index is 12.7. The lowest BCUT2D eigenvalue weighted by molar-refractivity contribution is -0.138. The van der Waals surface area contributed by atoms with Gasteiger partial charge in [-0.2, -0.15) is 44.5 Å². The largest absolute Gasteiger partial charge is 0.507 e. The van der Waals surface area contributed by atoms with Crippen LogP contribution in [0.4, 0.5) is 39.5 Å². The molecule has 14 nitrogen and oxygen atoms in total. The Labute approximate surface area is 437 Å². The van der Waals surface area contributed by atoms with Crippen LogP contribution in [0.2, 0.25) is 5.02 Å². The minimum atomic E-state index is -4.51. The lowest BCUT2D eigenvalue weighted by Crippen LogP contribution is -2.04. The Morgan fingerprint density at radius 1 is 0.429 bits per heavy atom. The highest BCUT2D eigenvalue weighted by atomic mass is 35.5. The van der Waals surface area contributed by atoms with E-state index in [1.54, 1.807) is 54.9 Å². The van der Waals surface area contributed by atoms with Crippen molar-refractivity contribution in [2.75, 3.05) is 0 Å². The van der Waals surface area contributed by atoms with Gasteiger partial charge in [0.05, 0.1) is 45.1 Å². The van der Waals surface area contributed by atoms with E-state index in [-0.39, 0.29) is 57.1 Å². The van der Waals surface area contributed by atoms with Gasteiger partial charge in [0.2, 0.25) is 11.8 Å². The molecule has 0 aliphatic carbocycles. The molecule has 0 spiro atoms. The number of nitrogens with zero attached hydrogens (tertiary/aromatic N) is 8. The van der Waals surface area contributed by atoms with Crippen molar-refractivity contribution in [3.8, 4) is 67.0 Å². The third kappa shape index (κ3) is 12.1. The van der Waals surface area contributed by atoms with Crippen molar-refractivity contribution in [3.63, 3.8) is 0 Å². The molecule has 8 aromatic heterocycles. The smallest absolute Gasteiger partial charge is 0.416 e. The van der Waals surface area contributed by atoms with Gasteiger partial charge in [0.15, 0.2) is 16.8 Å². The maximum atomic E-state index is 12.7. The van der Waals surface area contributed by atoms with E-state index in [1.807, 2.05) is 12.1 Å². The molecule has 12 aromatic rings. The first-order valence-electron chi connectivity index (χ1n) is 21.6. The summed E-state index contributed by atoms with van der Waals surface area (Å²) in [6, 6.07) is 24.6. The summed E-state index contributed by atoms with van der Waals surface area (Å²) in [5.74, 6) is -0.938. The van der Waals surface area contributed by atoms with Gasteiger partial charge in [0.25, 0.3) is 0 Å². The molecule has 77 heavy (non-hydrogen) atoms. The zero-order chi connectivity index (χ0) is 54.8. The number of pyridine rings is 4.